The number of aromatic nitrogens is 2. The Morgan fingerprint density at radius 3 is 2.88 bits per heavy atom. The number of hydrogen-bond donors (Lipinski definition) is 0. The van der Waals surface area contributed by atoms with Crippen LogP contribution in [0.4, 0.5) is 4.39 Å². The molecule has 1 aromatic carbocycles. The molecule has 0 fully saturated rings. The SMILES string of the molecule is Cc1ccc(OCc2nnc(Cl)s2)cc1F. The minimum atomic E-state index is -0.284. The van der Waals surface area contributed by atoms with Gasteiger partial charge in [-0.3, -0.25) is 0 Å². The summed E-state index contributed by atoms with van der Waals surface area (Å²) in [4.78, 5) is 0. The highest BCUT2D eigenvalue weighted by Crippen LogP contribution is 2.19. The molecule has 0 radical (unpaired) electrons. The number of hydrogen-bond acceptors (Lipinski definition) is 4. The van der Waals surface area contributed by atoms with Crippen LogP contribution >= 0.6 is 22.9 Å². The van der Waals surface area contributed by atoms with Crippen LogP contribution in [0.3, 0.4) is 0 Å². The third kappa shape index (κ3) is 2.68. The molecular formula is C10H8ClFN2OS. The molecule has 0 amide bonds. The van der Waals surface area contributed by atoms with Crippen LogP contribution in [0, 0.1) is 12.7 Å². The van der Waals surface area contributed by atoms with Crippen molar-refractivity contribution in [2.24, 2.45) is 0 Å². The van der Waals surface area contributed by atoms with Crippen molar-refractivity contribution in [1.82, 2.24) is 10.2 Å². The molecule has 0 bridgehead atoms. The molecule has 3 nitrogen and oxygen atoms in total. The second-order valence-electron chi connectivity index (χ2n) is 3.15. The van der Waals surface area contributed by atoms with Crippen molar-refractivity contribution < 1.29 is 9.13 Å². The predicted molar refractivity (Wildman–Crippen MR) is 60.4 cm³/mol. The highest BCUT2D eigenvalue weighted by molar-refractivity contribution is 7.15. The van der Waals surface area contributed by atoms with Gasteiger partial charge in [-0.15, -0.1) is 10.2 Å². The first-order valence-electron chi connectivity index (χ1n) is 4.52. The summed E-state index contributed by atoms with van der Waals surface area (Å²) in [6, 6.07) is 4.72. The van der Waals surface area contributed by atoms with Gasteiger partial charge >= 0.3 is 0 Å². The molecule has 0 aliphatic rings. The van der Waals surface area contributed by atoms with Crippen molar-refractivity contribution in [1.29, 1.82) is 0 Å². The minimum Gasteiger partial charge on any atom is -0.486 e. The molecule has 0 unspecified atom stereocenters. The summed E-state index contributed by atoms with van der Waals surface area (Å²) in [5.74, 6) is 0.183. The number of ether oxygens (including phenoxy) is 1. The average molecular weight is 259 g/mol. The molecule has 16 heavy (non-hydrogen) atoms. The van der Waals surface area contributed by atoms with E-state index < -0.39 is 0 Å². The third-order valence-corrected chi connectivity index (χ3v) is 2.94. The highest BCUT2D eigenvalue weighted by Gasteiger charge is 2.04. The fourth-order valence-electron chi connectivity index (χ4n) is 1.10. The molecule has 1 aromatic heterocycles. The van der Waals surface area contributed by atoms with E-state index in [-0.39, 0.29) is 12.4 Å². The maximum atomic E-state index is 13.2. The van der Waals surface area contributed by atoms with Gasteiger partial charge in [0.1, 0.15) is 18.2 Å². The van der Waals surface area contributed by atoms with Crippen LogP contribution < -0.4 is 4.74 Å². The molecule has 0 aliphatic carbocycles. The molecule has 84 valence electrons. The fraction of sp³-hybridized carbons (Fsp3) is 0.200. The smallest absolute Gasteiger partial charge is 0.207 e. The van der Waals surface area contributed by atoms with Gasteiger partial charge in [-0.1, -0.05) is 17.4 Å². The van der Waals surface area contributed by atoms with E-state index in [1.54, 1.807) is 19.1 Å². The zero-order valence-corrected chi connectivity index (χ0v) is 9.98. The van der Waals surface area contributed by atoms with E-state index in [0.29, 0.717) is 20.8 Å². The Balaban J connectivity index is 2.02. The highest BCUT2D eigenvalue weighted by atomic mass is 35.5. The first kappa shape index (κ1) is 11.3. The normalized spacial score (nSPS) is 10.4. The molecule has 1 heterocycles. The Morgan fingerprint density at radius 1 is 1.44 bits per heavy atom. The van der Waals surface area contributed by atoms with Gasteiger partial charge in [0.05, 0.1) is 0 Å². The number of halogens is 2. The van der Waals surface area contributed by atoms with E-state index >= 15 is 0 Å². The van der Waals surface area contributed by atoms with Gasteiger partial charge in [0.2, 0.25) is 4.47 Å². The summed E-state index contributed by atoms with van der Waals surface area (Å²) in [5, 5.41) is 8.09. The number of aryl methyl sites for hydroxylation is 1. The van der Waals surface area contributed by atoms with Crippen LogP contribution in [0.15, 0.2) is 18.2 Å². The van der Waals surface area contributed by atoms with Crippen LogP contribution in [-0.4, -0.2) is 10.2 Å². The van der Waals surface area contributed by atoms with Crippen molar-refractivity contribution in [3.63, 3.8) is 0 Å². The lowest BCUT2D eigenvalue weighted by Crippen LogP contribution is -1.95. The summed E-state index contributed by atoms with van der Waals surface area (Å²) in [6.45, 7) is 1.94. The van der Waals surface area contributed by atoms with Crippen molar-refractivity contribution in [2.75, 3.05) is 0 Å². The molecular weight excluding hydrogens is 251 g/mol. The van der Waals surface area contributed by atoms with Crippen molar-refractivity contribution in [2.45, 2.75) is 13.5 Å². The standard InChI is InChI=1S/C10H8ClFN2OS/c1-6-2-3-7(4-8(6)12)15-5-9-13-14-10(11)16-9/h2-4H,5H2,1H3. The van der Waals surface area contributed by atoms with Gasteiger partial charge in [0, 0.05) is 6.07 Å². The van der Waals surface area contributed by atoms with Crippen molar-refractivity contribution in [3.8, 4) is 5.75 Å². The monoisotopic (exact) mass is 258 g/mol. The Bertz CT molecular complexity index is 503. The van der Waals surface area contributed by atoms with Gasteiger partial charge in [0.25, 0.3) is 0 Å². The molecule has 6 heteroatoms. The first-order valence-corrected chi connectivity index (χ1v) is 5.71. The van der Waals surface area contributed by atoms with Gasteiger partial charge in [0.15, 0.2) is 5.01 Å². The maximum absolute atomic E-state index is 13.2. The van der Waals surface area contributed by atoms with Crippen molar-refractivity contribution >= 4 is 22.9 Å². The molecule has 2 aromatic rings. The van der Waals surface area contributed by atoms with E-state index in [9.17, 15) is 4.39 Å². The molecule has 0 saturated heterocycles. The van der Waals surface area contributed by atoms with E-state index in [0.717, 1.165) is 0 Å². The topological polar surface area (TPSA) is 35.0 Å². The molecule has 0 N–H and O–H groups in total. The zero-order valence-electron chi connectivity index (χ0n) is 8.41. The first-order chi connectivity index (χ1) is 7.65. The summed E-state index contributed by atoms with van der Waals surface area (Å²) in [5.41, 5.74) is 0.589. The molecule has 0 saturated carbocycles. The maximum Gasteiger partial charge on any atom is 0.207 e. The van der Waals surface area contributed by atoms with Gasteiger partial charge < -0.3 is 4.74 Å². The zero-order chi connectivity index (χ0) is 11.5. The number of benzene rings is 1. The second kappa shape index (κ2) is 4.76. The Morgan fingerprint density at radius 2 is 2.25 bits per heavy atom. The van der Waals surface area contributed by atoms with E-state index in [2.05, 4.69) is 10.2 Å². The number of nitrogens with zero attached hydrogens (tertiary/aromatic N) is 2. The Kier molecular flexibility index (Phi) is 3.36. The van der Waals surface area contributed by atoms with Crippen LogP contribution in [0.2, 0.25) is 4.47 Å². The van der Waals surface area contributed by atoms with Gasteiger partial charge in [-0.25, -0.2) is 4.39 Å². The summed E-state index contributed by atoms with van der Waals surface area (Å²) in [7, 11) is 0. The van der Waals surface area contributed by atoms with E-state index in [1.165, 1.54) is 17.4 Å². The molecule has 0 atom stereocenters. The lowest BCUT2D eigenvalue weighted by Gasteiger charge is -2.04. The lowest BCUT2D eigenvalue weighted by atomic mass is 10.2. The van der Waals surface area contributed by atoms with Crippen LogP contribution in [-0.2, 0) is 6.61 Å². The largest absolute Gasteiger partial charge is 0.486 e. The van der Waals surface area contributed by atoms with Crippen molar-refractivity contribution in [3.05, 3.63) is 39.1 Å². The number of rotatable bonds is 3. The fourth-order valence-corrected chi connectivity index (χ4v) is 1.88. The van der Waals surface area contributed by atoms with Gasteiger partial charge in [-0.2, -0.15) is 0 Å². The Hall–Kier alpha value is -1.20. The predicted octanol–water partition coefficient (Wildman–Crippen LogP) is 3.22. The Labute approximate surface area is 101 Å². The summed E-state index contributed by atoms with van der Waals surface area (Å²) >= 11 is 6.86. The lowest BCUT2D eigenvalue weighted by molar-refractivity contribution is 0.303. The average Bonchev–Trinajstić information content (AvgIpc) is 2.66. The van der Waals surface area contributed by atoms with Crippen LogP contribution in [0.5, 0.6) is 5.75 Å². The van der Waals surface area contributed by atoms with E-state index in [1.807, 2.05) is 0 Å². The summed E-state index contributed by atoms with van der Waals surface area (Å²) < 4.78 is 18.9. The van der Waals surface area contributed by atoms with Crippen LogP contribution in [0.1, 0.15) is 10.6 Å². The minimum absolute atomic E-state index is 0.243. The quantitative estimate of drug-likeness (QED) is 0.848. The molecule has 0 spiro atoms. The van der Waals surface area contributed by atoms with Crippen LogP contribution in [0.25, 0.3) is 0 Å². The van der Waals surface area contributed by atoms with E-state index in [4.69, 9.17) is 16.3 Å². The van der Waals surface area contributed by atoms with Gasteiger partial charge in [-0.05, 0) is 30.2 Å². The third-order valence-electron chi connectivity index (χ3n) is 1.95. The molecule has 2 rings (SSSR count). The second-order valence-corrected chi connectivity index (χ2v) is 4.79. The molecule has 0 aliphatic heterocycles. The summed E-state index contributed by atoms with van der Waals surface area (Å²) in [6.07, 6.45) is 0.